The number of ether oxygens (including phenoxy) is 1. The molecule has 2 rings (SSSR count). The van der Waals surface area contributed by atoms with Crippen molar-refractivity contribution in [1.29, 1.82) is 0 Å². The maximum Gasteiger partial charge on any atom is 0.268 e. The molecule has 1 aliphatic rings. The predicted octanol–water partition coefficient (Wildman–Crippen LogP) is 1.74. The fraction of sp³-hybridized carbons (Fsp3) is 0.529. The second-order valence-electron chi connectivity index (χ2n) is 5.90. The summed E-state index contributed by atoms with van der Waals surface area (Å²) >= 11 is 0. The number of hydrogen-bond donors (Lipinski definition) is 2. The predicted molar refractivity (Wildman–Crippen MR) is 89.4 cm³/mol. The van der Waals surface area contributed by atoms with E-state index >= 15 is 0 Å². The van der Waals surface area contributed by atoms with Crippen molar-refractivity contribution >= 4 is 17.5 Å². The number of amides is 2. The quantitative estimate of drug-likeness (QED) is 0.782. The van der Waals surface area contributed by atoms with E-state index < -0.39 is 6.10 Å². The van der Waals surface area contributed by atoms with E-state index in [1.807, 2.05) is 19.1 Å². The Morgan fingerprint density at radius 2 is 2.22 bits per heavy atom. The maximum absolute atomic E-state index is 12.4. The van der Waals surface area contributed by atoms with Crippen LogP contribution >= 0.6 is 0 Å². The van der Waals surface area contributed by atoms with E-state index in [4.69, 9.17) is 10.5 Å². The molecule has 6 nitrogen and oxygen atoms in total. The standard InChI is InChI=1S/C17H25N3O3/c1-4-5-8-19-16(21)10-20-14-9-13(11(2)18)6-7-15(14)23-12(3)17(20)22/h6-7,9,11-12H,4-5,8,10,18H2,1-3H3,(H,19,21). The van der Waals surface area contributed by atoms with Gasteiger partial charge in [-0.3, -0.25) is 14.5 Å². The average Bonchev–Trinajstić information content (AvgIpc) is 2.51. The number of anilines is 1. The number of rotatable bonds is 6. The Morgan fingerprint density at radius 3 is 2.87 bits per heavy atom. The minimum absolute atomic E-state index is 0.00828. The topological polar surface area (TPSA) is 84.7 Å². The Balaban J connectivity index is 2.22. The van der Waals surface area contributed by atoms with Gasteiger partial charge in [0.1, 0.15) is 12.3 Å². The number of nitrogens with two attached hydrogens (primary N) is 1. The van der Waals surface area contributed by atoms with Crippen LogP contribution in [-0.2, 0) is 9.59 Å². The van der Waals surface area contributed by atoms with Gasteiger partial charge in [0.25, 0.3) is 5.91 Å². The summed E-state index contributed by atoms with van der Waals surface area (Å²) in [4.78, 5) is 26.0. The Labute approximate surface area is 137 Å². The number of unbranched alkanes of at least 4 members (excludes halogenated alkanes) is 1. The van der Waals surface area contributed by atoms with E-state index in [1.165, 1.54) is 4.90 Å². The molecule has 1 aromatic carbocycles. The zero-order valence-electron chi connectivity index (χ0n) is 14.0. The zero-order valence-corrected chi connectivity index (χ0v) is 14.0. The average molecular weight is 319 g/mol. The largest absolute Gasteiger partial charge is 0.479 e. The molecule has 0 radical (unpaired) electrons. The molecular weight excluding hydrogens is 294 g/mol. The number of nitrogens with one attached hydrogen (secondary N) is 1. The number of nitrogens with zero attached hydrogens (tertiary/aromatic N) is 1. The van der Waals surface area contributed by atoms with Crippen molar-refractivity contribution < 1.29 is 14.3 Å². The number of fused-ring (bicyclic) bond motifs is 1. The molecule has 2 unspecified atom stereocenters. The highest BCUT2D eigenvalue weighted by Crippen LogP contribution is 2.35. The Kier molecular flexibility index (Phi) is 5.60. The number of hydrogen-bond acceptors (Lipinski definition) is 4. The third kappa shape index (κ3) is 4.01. The number of carbonyl (C=O) groups excluding carboxylic acids is 2. The minimum Gasteiger partial charge on any atom is -0.479 e. The van der Waals surface area contributed by atoms with Crippen molar-refractivity contribution in [3.63, 3.8) is 0 Å². The zero-order chi connectivity index (χ0) is 17.0. The molecule has 0 saturated heterocycles. The lowest BCUT2D eigenvalue weighted by atomic mass is 10.1. The van der Waals surface area contributed by atoms with Gasteiger partial charge in [0, 0.05) is 12.6 Å². The molecule has 2 atom stereocenters. The summed E-state index contributed by atoms with van der Waals surface area (Å²) in [6.07, 6.45) is 1.33. The first kappa shape index (κ1) is 17.3. The van der Waals surface area contributed by atoms with E-state index in [2.05, 4.69) is 12.2 Å². The lowest BCUT2D eigenvalue weighted by molar-refractivity contribution is -0.128. The molecule has 0 aliphatic carbocycles. The third-order valence-corrected chi connectivity index (χ3v) is 3.87. The summed E-state index contributed by atoms with van der Waals surface area (Å²) in [5, 5.41) is 2.84. The number of carbonyl (C=O) groups is 2. The second-order valence-corrected chi connectivity index (χ2v) is 5.90. The number of benzene rings is 1. The highest BCUT2D eigenvalue weighted by molar-refractivity contribution is 6.03. The van der Waals surface area contributed by atoms with Crippen LogP contribution in [0.4, 0.5) is 5.69 Å². The van der Waals surface area contributed by atoms with Gasteiger partial charge in [-0.15, -0.1) is 0 Å². The Bertz CT molecular complexity index is 586. The molecular formula is C17H25N3O3. The van der Waals surface area contributed by atoms with E-state index in [9.17, 15) is 9.59 Å². The summed E-state index contributed by atoms with van der Waals surface area (Å²) in [5.74, 6) is 0.214. The fourth-order valence-electron chi connectivity index (χ4n) is 2.47. The van der Waals surface area contributed by atoms with Gasteiger partial charge in [0.15, 0.2) is 6.10 Å². The van der Waals surface area contributed by atoms with E-state index in [0.717, 1.165) is 18.4 Å². The van der Waals surface area contributed by atoms with Gasteiger partial charge < -0.3 is 15.8 Å². The smallest absolute Gasteiger partial charge is 0.268 e. The molecule has 126 valence electrons. The van der Waals surface area contributed by atoms with Crippen LogP contribution in [0.15, 0.2) is 18.2 Å². The monoisotopic (exact) mass is 319 g/mol. The van der Waals surface area contributed by atoms with Crippen LogP contribution in [0.1, 0.15) is 45.2 Å². The van der Waals surface area contributed by atoms with Crippen molar-refractivity contribution in [3.8, 4) is 5.75 Å². The summed E-state index contributed by atoms with van der Waals surface area (Å²) < 4.78 is 5.63. The lowest BCUT2D eigenvalue weighted by Gasteiger charge is -2.33. The lowest BCUT2D eigenvalue weighted by Crippen LogP contribution is -2.49. The van der Waals surface area contributed by atoms with Crippen LogP contribution in [0.25, 0.3) is 0 Å². The Morgan fingerprint density at radius 1 is 1.48 bits per heavy atom. The molecule has 6 heteroatoms. The maximum atomic E-state index is 12.4. The molecule has 0 fully saturated rings. The van der Waals surface area contributed by atoms with Crippen molar-refractivity contribution in [2.75, 3.05) is 18.0 Å². The first-order valence-electron chi connectivity index (χ1n) is 8.08. The molecule has 0 spiro atoms. The van der Waals surface area contributed by atoms with Crippen LogP contribution in [0.2, 0.25) is 0 Å². The summed E-state index contributed by atoms with van der Waals surface area (Å²) in [6, 6.07) is 5.35. The van der Waals surface area contributed by atoms with Gasteiger partial charge in [0.2, 0.25) is 5.91 Å². The molecule has 3 N–H and O–H groups in total. The van der Waals surface area contributed by atoms with Gasteiger partial charge in [-0.05, 0) is 38.0 Å². The van der Waals surface area contributed by atoms with Crippen LogP contribution in [0.3, 0.4) is 0 Å². The molecule has 1 heterocycles. The van der Waals surface area contributed by atoms with Gasteiger partial charge in [-0.25, -0.2) is 0 Å². The van der Waals surface area contributed by atoms with Crippen LogP contribution in [0.5, 0.6) is 5.75 Å². The van der Waals surface area contributed by atoms with Crippen LogP contribution < -0.4 is 20.7 Å². The van der Waals surface area contributed by atoms with Gasteiger partial charge in [0.05, 0.1) is 5.69 Å². The minimum atomic E-state index is -0.605. The Hall–Kier alpha value is -2.08. The fourth-order valence-corrected chi connectivity index (χ4v) is 2.47. The van der Waals surface area contributed by atoms with Crippen molar-refractivity contribution in [3.05, 3.63) is 23.8 Å². The van der Waals surface area contributed by atoms with Crippen molar-refractivity contribution in [2.24, 2.45) is 5.73 Å². The summed E-state index contributed by atoms with van der Waals surface area (Å²) in [7, 11) is 0. The van der Waals surface area contributed by atoms with Gasteiger partial charge in [-0.2, -0.15) is 0 Å². The molecule has 0 bridgehead atoms. The van der Waals surface area contributed by atoms with Crippen molar-refractivity contribution in [2.45, 2.75) is 45.8 Å². The van der Waals surface area contributed by atoms with E-state index in [-0.39, 0.29) is 24.4 Å². The normalized spacial score (nSPS) is 18.2. The van der Waals surface area contributed by atoms with Crippen LogP contribution in [-0.4, -0.2) is 31.0 Å². The highest BCUT2D eigenvalue weighted by Gasteiger charge is 2.33. The molecule has 0 aromatic heterocycles. The first-order valence-corrected chi connectivity index (χ1v) is 8.08. The summed E-state index contributed by atoms with van der Waals surface area (Å²) in [6.45, 7) is 6.23. The first-order chi connectivity index (χ1) is 10.9. The van der Waals surface area contributed by atoms with Crippen molar-refractivity contribution in [1.82, 2.24) is 5.32 Å². The summed E-state index contributed by atoms with van der Waals surface area (Å²) in [5.41, 5.74) is 7.41. The third-order valence-electron chi connectivity index (χ3n) is 3.87. The molecule has 2 amide bonds. The van der Waals surface area contributed by atoms with E-state index in [0.29, 0.717) is 18.0 Å². The van der Waals surface area contributed by atoms with E-state index in [1.54, 1.807) is 13.0 Å². The second kappa shape index (κ2) is 7.46. The SMILES string of the molecule is CCCCNC(=O)CN1C(=O)C(C)Oc2ccc(C(C)N)cc21. The van der Waals surface area contributed by atoms with Gasteiger partial charge in [-0.1, -0.05) is 19.4 Å². The molecule has 0 saturated carbocycles. The van der Waals surface area contributed by atoms with Gasteiger partial charge >= 0.3 is 0 Å². The molecule has 1 aromatic rings. The molecule has 23 heavy (non-hydrogen) atoms. The highest BCUT2D eigenvalue weighted by atomic mass is 16.5. The van der Waals surface area contributed by atoms with Crippen LogP contribution in [0, 0.1) is 0 Å². The molecule has 1 aliphatic heterocycles.